The van der Waals surface area contributed by atoms with Crippen LogP contribution in [0.4, 0.5) is 0 Å². The molecule has 1 N–H and O–H groups in total. The Hall–Kier alpha value is -2.49. The second kappa shape index (κ2) is 7.33. The second-order valence-electron chi connectivity index (χ2n) is 4.56. The normalized spacial score (nSPS) is 10.8. The molecule has 2 aromatic carbocycles. The molecule has 0 saturated heterocycles. The van der Waals surface area contributed by atoms with E-state index in [2.05, 4.69) is 4.99 Å². The van der Waals surface area contributed by atoms with Crippen LogP contribution in [0, 0.1) is 0 Å². The molecule has 0 amide bonds. The van der Waals surface area contributed by atoms with Crippen molar-refractivity contribution in [3.63, 3.8) is 0 Å². The van der Waals surface area contributed by atoms with Crippen molar-refractivity contribution in [1.82, 2.24) is 0 Å². The second-order valence-corrected chi connectivity index (χ2v) is 4.56. The maximum Gasteiger partial charge on any atom is 0.161 e. The van der Waals surface area contributed by atoms with Gasteiger partial charge in [-0.15, -0.1) is 0 Å². The highest BCUT2D eigenvalue weighted by atomic mass is 16.5. The first-order chi connectivity index (χ1) is 10.2. The summed E-state index contributed by atoms with van der Waals surface area (Å²) in [5.41, 5.74) is 2.12. The van der Waals surface area contributed by atoms with Crippen molar-refractivity contribution in [1.29, 1.82) is 0 Å². The van der Waals surface area contributed by atoms with Gasteiger partial charge in [-0.2, -0.15) is 0 Å². The van der Waals surface area contributed by atoms with Gasteiger partial charge in [0.15, 0.2) is 11.5 Å². The number of benzene rings is 2. The molecule has 0 fully saturated rings. The molecule has 21 heavy (non-hydrogen) atoms. The van der Waals surface area contributed by atoms with Gasteiger partial charge in [0.1, 0.15) is 5.75 Å². The molecule has 4 heteroatoms. The number of phenols is 1. The van der Waals surface area contributed by atoms with Gasteiger partial charge in [-0.3, -0.25) is 4.99 Å². The van der Waals surface area contributed by atoms with Gasteiger partial charge in [-0.05, 0) is 47.9 Å². The van der Waals surface area contributed by atoms with E-state index >= 15 is 0 Å². The summed E-state index contributed by atoms with van der Waals surface area (Å²) in [5.74, 6) is 1.44. The molecular weight excluding hydrogens is 266 g/mol. The van der Waals surface area contributed by atoms with Crippen LogP contribution in [0.1, 0.15) is 11.1 Å². The van der Waals surface area contributed by atoms with Gasteiger partial charge >= 0.3 is 0 Å². The average Bonchev–Trinajstić information content (AvgIpc) is 2.53. The van der Waals surface area contributed by atoms with E-state index in [1.165, 1.54) is 12.7 Å². The lowest BCUT2D eigenvalue weighted by Crippen LogP contribution is -1.92. The van der Waals surface area contributed by atoms with E-state index in [4.69, 9.17) is 9.47 Å². The number of phenolic OH excluding ortho intramolecular Hbond substituents is 1. The van der Waals surface area contributed by atoms with Crippen LogP contribution in [0.5, 0.6) is 17.2 Å². The molecule has 0 aliphatic carbocycles. The molecular formula is C17H19NO3. The zero-order chi connectivity index (χ0) is 15.1. The van der Waals surface area contributed by atoms with Crippen molar-refractivity contribution < 1.29 is 14.6 Å². The van der Waals surface area contributed by atoms with Crippen LogP contribution in [0.15, 0.2) is 47.5 Å². The fraction of sp³-hybridized carbons (Fsp3) is 0.235. The Morgan fingerprint density at radius 3 is 2.48 bits per heavy atom. The SMILES string of the molecule is COc1ccc(CCN=Cc2ccc(O)c(OC)c2)cc1. The Balaban J connectivity index is 1.90. The number of hydrogen-bond donors (Lipinski definition) is 1. The van der Waals surface area contributed by atoms with E-state index in [0.717, 1.165) is 17.7 Å². The molecule has 0 radical (unpaired) electrons. The number of methoxy groups -OCH3 is 2. The summed E-state index contributed by atoms with van der Waals surface area (Å²) in [5, 5.41) is 9.52. The largest absolute Gasteiger partial charge is 0.504 e. The molecule has 0 saturated carbocycles. The third-order valence-corrected chi connectivity index (χ3v) is 3.13. The van der Waals surface area contributed by atoms with Gasteiger partial charge in [-0.25, -0.2) is 0 Å². The van der Waals surface area contributed by atoms with Gasteiger partial charge < -0.3 is 14.6 Å². The Kier molecular flexibility index (Phi) is 5.21. The van der Waals surface area contributed by atoms with Gasteiger partial charge in [0.2, 0.25) is 0 Å². The highest BCUT2D eigenvalue weighted by Gasteiger charge is 2.00. The maximum absolute atomic E-state index is 9.52. The molecule has 110 valence electrons. The first-order valence-corrected chi connectivity index (χ1v) is 6.72. The number of rotatable bonds is 6. The topological polar surface area (TPSA) is 51.0 Å². The van der Waals surface area contributed by atoms with Crippen molar-refractivity contribution in [2.24, 2.45) is 4.99 Å². The molecule has 0 heterocycles. The molecule has 2 aromatic rings. The van der Waals surface area contributed by atoms with E-state index in [-0.39, 0.29) is 5.75 Å². The van der Waals surface area contributed by atoms with Crippen LogP contribution in [0.3, 0.4) is 0 Å². The molecule has 0 aromatic heterocycles. The van der Waals surface area contributed by atoms with Crippen LogP contribution in [0.25, 0.3) is 0 Å². The van der Waals surface area contributed by atoms with Crippen molar-refractivity contribution in [2.45, 2.75) is 6.42 Å². The predicted octanol–water partition coefficient (Wildman–Crippen LogP) is 3.07. The van der Waals surface area contributed by atoms with E-state index in [0.29, 0.717) is 12.3 Å². The summed E-state index contributed by atoms with van der Waals surface area (Å²) in [7, 11) is 3.19. The number of aliphatic imine (C=N–C) groups is 1. The van der Waals surface area contributed by atoms with Crippen molar-refractivity contribution in [3.05, 3.63) is 53.6 Å². The van der Waals surface area contributed by atoms with Gasteiger partial charge in [0, 0.05) is 12.8 Å². The number of hydrogen-bond acceptors (Lipinski definition) is 4. The Labute approximate surface area is 124 Å². The van der Waals surface area contributed by atoms with Gasteiger partial charge in [0.25, 0.3) is 0 Å². The molecule has 0 bridgehead atoms. The lowest BCUT2D eigenvalue weighted by atomic mass is 10.1. The molecule has 0 unspecified atom stereocenters. The minimum atomic E-state index is 0.132. The zero-order valence-electron chi connectivity index (χ0n) is 12.2. The predicted molar refractivity (Wildman–Crippen MR) is 83.8 cm³/mol. The number of ether oxygens (including phenoxy) is 2. The standard InChI is InChI=1S/C17H19NO3/c1-20-15-6-3-13(4-7-15)9-10-18-12-14-5-8-16(19)17(11-14)21-2/h3-8,11-12,19H,9-10H2,1-2H3. The molecule has 2 rings (SSSR count). The third kappa shape index (κ3) is 4.24. The minimum absolute atomic E-state index is 0.132. The minimum Gasteiger partial charge on any atom is -0.504 e. The van der Waals surface area contributed by atoms with Crippen molar-refractivity contribution in [3.8, 4) is 17.2 Å². The van der Waals surface area contributed by atoms with E-state index < -0.39 is 0 Å². The van der Waals surface area contributed by atoms with Crippen molar-refractivity contribution >= 4 is 6.21 Å². The maximum atomic E-state index is 9.52. The summed E-state index contributed by atoms with van der Waals surface area (Å²) >= 11 is 0. The zero-order valence-corrected chi connectivity index (χ0v) is 12.2. The lowest BCUT2D eigenvalue weighted by molar-refractivity contribution is 0.373. The monoisotopic (exact) mass is 285 g/mol. The molecule has 0 spiro atoms. The van der Waals surface area contributed by atoms with Crippen LogP contribution in [0.2, 0.25) is 0 Å². The highest BCUT2D eigenvalue weighted by Crippen LogP contribution is 2.25. The Morgan fingerprint density at radius 2 is 1.81 bits per heavy atom. The van der Waals surface area contributed by atoms with Crippen LogP contribution < -0.4 is 9.47 Å². The summed E-state index contributed by atoms with van der Waals surface area (Å²) in [6, 6.07) is 13.1. The molecule has 4 nitrogen and oxygen atoms in total. The summed E-state index contributed by atoms with van der Waals surface area (Å²) < 4.78 is 10.2. The Bertz CT molecular complexity index is 606. The average molecular weight is 285 g/mol. The van der Waals surface area contributed by atoms with Crippen LogP contribution in [-0.4, -0.2) is 32.1 Å². The van der Waals surface area contributed by atoms with Gasteiger partial charge in [-0.1, -0.05) is 12.1 Å². The molecule has 0 aliphatic heterocycles. The third-order valence-electron chi connectivity index (χ3n) is 3.13. The molecule has 0 aliphatic rings. The van der Waals surface area contributed by atoms with Crippen LogP contribution >= 0.6 is 0 Å². The highest BCUT2D eigenvalue weighted by molar-refractivity contribution is 5.80. The van der Waals surface area contributed by atoms with Crippen molar-refractivity contribution in [2.75, 3.05) is 20.8 Å². The van der Waals surface area contributed by atoms with E-state index in [1.807, 2.05) is 24.3 Å². The summed E-state index contributed by atoms with van der Waals surface area (Å²) in [6.45, 7) is 0.704. The molecule has 0 atom stereocenters. The lowest BCUT2D eigenvalue weighted by Gasteiger charge is -2.03. The fourth-order valence-electron chi connectivity index (χ4n) is 1.93. The summed E-state index contributed by atoms with van der Waals surface area (Å²) in [6.07, 6.45) is 2.65. The summed E-state index contributed by atoms with van der Waals surface area (Å²) in [4.78, 5) is 4.39. The smallest absolute Gasteiger partial charge is 0.161 e. The fourth-order valence-corrected chi connectivity index (χ4v) is 1.93. The van der Waals surface area contributed by atoms with E-state index in [1.54, 1.807) is 31.5 Å². The van der Waals surface area contributed by atoms with E-state index in [9.17, 15) is 5.11 Å². The van der Waals surface area contributed by atoms with Gasteiger partial charge in [0.05, 0.1) is 14.2 Å². The first kappa shape index (κ1) is 14.9. The number of nitrogens with zero attached hydrogens (tertiary/aromatic N) is 1. The quantitative estimate of drug-likeness (QED) is 0.830. The number of aromatic hydroxyl groups is 1. The Morgan fingerprint density at radius 1 is 1.05 bits per heavy atom. The first-order valence-electron chi connectivity index (χ1n) is 6.72. The van der Waals surface area contributed by atoms with Crippen LogP contribution in [-0.2, 0) is 6.42 Å².